The fourth-order valence-corrected chi connectivity index (χ4v) is 3.57. The molecule has 7 heteroatoms. The molecule has 0 bridgehead atoms. The van der Waals surface area contributed by atoms with Crippen LogP contribution >= 0.6 is 0 Å². The van der Waals surface area contributed by atoms with E-state index in [0.717, 1.165) is 18.8 Å². The van der Waals surface area contributed by atoms with Gasteiger partial charge in [-0.2, -0.15) is 0 Å². The van der Waals surface area contributed by atoms with Crippen LogP contribution < -0.4 is 10.2 Å². The van der Waals surface area contributed by atoms with Gasteiger partial charge in [-0.1, -0.05) is 25.1 Å². The Morgan fingerprint density at radius 2 is 1.73 bits per heavy atom. The summed E-state index contributed by atoms with van der Waals surface area (Å²) in [4.78, 5) is 42.6. The number of para-hydroxylation sites is 1. The van der Waals surface area contributed by atoms with Gasteiger partial charge in [-0.25, -0.2) is 0 Å². The quantitative estimate of drug-likeness (QED) is 0.849. The number of rotatable bonds is 4. The normalized spacial score (nSPS) is 20.7. The molecule has 7 nitrogen and oxygen atoms in total. The Kier molecular flexibility index (Phi) is 5.75. The highest BCUT2D eigenvalue weighted by Crippen LogP contribution is 2.17. The average molecular weight is 358 g/mol. The predicted molar refractivity (Wildman–Crippen MR) is 98.7 cm³/mol. The topological polar surface area (TPSA) is 73.0 Å². The number of hydrogen-bond acceptors (Lipinski definition) is 4. The van der Waals surface area contributed by atoms with Crippen LogP contribution in [0.5, 0.6) is 0 Å². The Hall–Kier alpha value is -2.57. The lowest BCUT2D eigenvalue weighted by Crippen LogP contribution is -2.59. The molecule has 2 heterocycles. The molecule has 0 aliphatic carbocycles. The molecule has 2 aliphatic rings. The summed E-state index contributed by atoms with van der Waals surface area (Å²) in [5, 5.41) is 2.77. The maximum atomic E-state index is 12.7. The highest BCUT2D eigenvalue weighted by Gasteiger charge is 2.35. The van der Waals surface area contributed by atoms with Gasteiger partial charge in [-0.05, 0) is 12.1 Å². The van der Waals surface area contributed by atoms with Gasteiger partial charge in [0, 0.05) is 51.4 Å². The molecule has 1 aromatic carbocycles. The molecule has 1 N–H and O–H groups in total. The van der Waals surface area contributed by atoms with Crippen molar-refractivity contribution in [3.05, 3.63) is 30.3 Å². The first-order valence-corrected chi connectivity index (χ1v) is 9.25. The zero-order valence-corrected chi connectivity index (χ0v) is 15.2. The number of benzene rings is 1. The molecule has 1 atom stereocenters. The molecule has 3 rings (SSSR count). The van der Waals surface area contributed by atoms with Crippen LogP contribution in [-0.4, -0.2) is 72.8 Å². The lowest BCUT2D eigenvalue weighted by atomic mass is 10.1. The van der Waals surface area contributed by atoms with E-state index in [-0.39, 0.29) is 24.1 Å². The first-order chi connectivity index (χ1) is 12.6. The lowest BCUT2D eigenvalue weighted by Gasteiger charge is -2.38. The molecule has 140 valence electrons. The van der Waals surface area contributed by atoms with Gasteiger partial charge in [0.2, 0.25) is 17.7 Å². The van der Waals surface area contributed by atoms with Crippen LogP contribution in [0.4, 0.5) is 5.69 Å². The Morgan fingerprint density at radius 1 is 1.04 bits per heavy atom. The van der Waals surface area contributed by atoms with Crippen molar-refractivity contribution in [3.8, 4) is 0 Å². The van der Waals surface area contributed by atoms with Crippen molar-refractivity contribution in [1.82, 2.24) is 15.1 Å². The average Bonchev–Trinajstić information content (AvgIpc) is 2.69. The third kappa shape index (κ3) is 3.98. The zero-order valence-electron chi connectivity index (χ0n) is 15.2. The Bertz CT molecular complexity index is 656. The molecule has 0 unspecified atom stereocenters. The number of carbonyl (C=O) groups is 3. The number of piperazine rings is 2. The van der Waals surface area contributed by atoms with E-state index >= 15 is 0 Å². The minimum atomic E-state index is -0.684. The summed E-state index contributed by atoms with van der Waals surface area (Å²) in [6.45, 7) is 5.49. The highest BCUT2D eigenvalue weighted by molar-refractivity contribution is 5.93. The molecule has 0 saturated carbocycles. The number of nitrogens with one attached hydrogen (secondary N) is 1. The SMILES string of the molecule is CCC(=O)N1CCNC(=O)[C@@H]1CC(=O)N1CCN(c2ccccc2)CC1. The van der Waals surface area contributed by atoms with Crippen LogP contribution in [-0.2, 0) is 14.4 Å². The minimum Gasteiger partial charge on any atom is -0.368 e. The van der Waals surface area contributed by atoms with E-state index in [4.69, 9.17) is 0 Å². The number of amides is 3. The number of anilines is 1. The summed E-state index contributed by atoms with van der Waals surface area (Å²) in [6, 6.07) is 9.45. The molecule has 2 fully saturated rings. The van der Waals surface area contributed by atoms with E-state index in [1.807, 2.05) is 18.2 Å². The van der Waals surface area contributed by atoms with E-state index in [2.05, 4.69) is 22.3 Å². The first kappa shape index (κ1) is 18.2. The zero-order chi connectivity index (χ0) is 18.5. The second-order valence-corrected chi connectivity index (χ2v) is 6.66. The molecule has 3 amide bonds. The summed E-state index contributed by atoms with van der Waals surface area (Å²) in [5.74, 6) is -0.366. The maximum absolute atomic E-state index is 12.7. The molecular formula is C19H26N4O3. The Morgan fingerprint density at radius 3 is 2.38 bits per heavy atom. The van der Waals surface area contributed by atoms with Crippen LogP contribution in [0.2, 0.25) is 0 Å². The molecule has 0 aromatic heterocycles. The van der Waals surface area contributed by atoms with Crippen LogP contribution in [0, 0.1) is 0 Å². The molecule has 26 heavy (non-hydrogen) atoms. The van der Waals surface area contributed by atoms with Gasteiger partial charge in [0.25, 0.3) is 0 Å². The third-order valence-electron chi connectivity index (χ3n) is 5.08. The molecule has 2 saturated heterocycles. The van der Waals surface area contributed by atoms with Gasteiger partial charge in [0.15, 0.2) is 0 Å². The molecular weight excluding hydrogens is 332 g/mol. The number of hydrogen-bond donors (Lipinski definition) is 1. The van der Waals surface area contributed by atoms with E-state index in [9.17, 15) is 14.4 Å². The van der Waals surface area contributed by atoms with Crippen LogP contribution in [0.15, 0.2) is 30.3 Å². The van der Waals surface area contributed by atoms with Gasteiger partial charge >= 0.3 is 0 Å². The Balaban J connectivity index is 1.58. The van der Waals surface area contributed by atoms with Crippen molar-refractivity contribution >= 4 is 23.4 Å². The summed E-state index contributed by atoms with van der Waals surface area (Å²) in [7, 11) is 0. The van der Waals surface area contributed by atoms with Crippen LogP contribution in [0.25, 0.3) is 0 Å². The van der Waals surface area contributed by atoms with Gasteiger partial charge < -0.3 is 20.0 Å². The van der Waals surface area contributed by atoms with Crippen molar-refractivity contribution in [2.45, 2.75) is 25.8 Å². The lowest BCUT2D eigenvalue weighted by molar-refractivity contribution is -0.146. The van der Waals surface area contributed by atoms with E-state index < -0.39 is 6.04 Å². The van der Waals surface area contributed by atoms with Crippen molar-refractivity contribution in [2.24, 2.45) is 0 Å². The smallest absolute Gasteiger partial charge is 0.243 e. The first-order valence-electron chi connectivity index (χ1n) is 9.25. The highest BCUT2D eigenvalue weighted by atomic mass is 16.2. The van der Waals surface area contributed by atoms with Crippen molar-refractivity contribution in [3.63, 3.8) is 0 Å². The van der Waals surface area contributed by atoms with Gasteiger partial charge in [-0.15, -0.1) is 0 Å². The minimum absolute atomic E-state index is 0.0584. The van der Waals surface area contributed by atoms with Crippen LogP contribution in [0.1, 0.15) is 19.8 Å². The van der Waals surface area contributed by atoms with Crippen LogP contribution in [0.3, 0.4) is 0 Å². The monoisotopic (exact) mass is 358 g/mol. The molecule has 2 aliphatic heterocycles. The van der Waals surface area contributed by atoms with Crippen molar-refractivity contribution in [2.75, 3.05) is 44.2 Å². The molecule has 1 aromatic rings. The standard InChI is InChI=1S/C19H26N4O3/c1-2-17(24)23-9-8-20-19(26)16(23)14-18(25)22-12-10-21(11-13-22)15-6-4-3-5-7-15/h3-7,16H,2,8-14H2,1H3,(H,20,26)/t16-/m0/s1. The number of carbonyl (C=O) groups excluding carboxylic acids is 3. The third-order valence-corrected chi connectivity index (χ3v) is 5.08. The Labute approximate surface area is 153 Å². The summed E-state index contributed by atoms with van der Waals surface area (Å²) in [6.07, 6.45) is 0.399. The van der Waals surface area contributed by atoms with E-state index in [0.29, 0.717) is 32.6 Å². The summed E-state index contributed by atoms with van der Waals surface area (Å²) < 4.78 is 0. The second kappa shape index (κ2) is 8.21. The second-order valence-electron chi connectivity index (χ2n) is 6.66. The molecule has 0 radical (unpaired) electrons. The van der Waals surface area contributed by atoms with Gasteiger partial charge in [-0.3, -0.25) is 14.4 Å². The summed E-state index contributed by atoms with van der Waals surface area (Å²) >= 11 is 0. The maximum Gasteiger partial charge on any atom is 0.243 e. The van der Waals surface area contributed by atoms with Gasteiger partial charge in [0.1, 0.15) is 6.04 Å². The van der Waals surface area contributed by atoms with Gasteiger partial charge in [0.05, 0.1) is 6.42 Å². The largest absolute Gasteiger partial charge is 0.368 e. The van der Waals surface area contributed by atoms with Crippen molar-refractivity contribution in [1.29, 1.82) is 0 Å². The fraction of sp³-hybridized carbons (Fsp3) is 0.526. The van der Waals surface area contributed by atoms with E-state index in [1.54, 1.807) is 16.7 Å². The molecule has 0 spiro atoms. The van der Waals surface area contributed by atoms with E-state index in [1.165, 1.54) is 0 Å². The summed E-state index contributed by atoms with van der Waals surface area (Å²) in [5.41, 5.74) is 1.16. The van der Waals surface area contributed by atoms with Crippen molar-refractivity contribution < 1.29 is 14.4 Å². The number of nitrogens with zero attached hydrogens (tertiary/aromatic N) is 3. The predicted octanol–water partition coefficient (Wildman–Crippen LogP) is 0.462. The fourth-order valence-electron chi connectivity index (χ4n) is 3.57.